The summed E-state index contributed by atoms with van der Waals surface area (Å²) in [4.78, 5) is 53.1. The summed E-state index contributed by atoms with van der Waals surface area (Å²) in [5.74, 6) is -2.22. The number of nitrogens with one attached hydrogen (secondary N) is 1. The molecule has 0 bridgehead atoms. The van der Waals surface area contributed by atoms with E-state index in [1.54, 1.807) is 44.2 Å². The number of aliphatic imine (C=N–C) groups is 1. The van der Waals surface area contributed by atoms with Gasteiger partial charge in [-0.05, 0) is 49.9 Å². The normalized spacial score (nSPS) is 16.6. The molecule has 0 fully saturated rings. The highest BCUT2D eigenvalue weighted by Gasteiger charge is 2.42. The van der Waals surface area contributed by atoms with Crippen LogP contribution in [0.3, 0.4) is 0 Å². The zero-order valence-corrected chi connectivity index (χ0v) is 23.5. The zero-order valence-electron chi connectivity index (χ0n) is 22.7. The first-order valence-electron chi connectivity index (χ1n) is 12.5. The summed E-state index contributed by atoms with van der Waals surface area (Å²) < 4.78 is 16.6. The number of benzene rings is 2. The lowest BCUT2D eigenvalue weighted by molar-refractivity contribution is -0.384. The van der Waals surface area contributed by atoms with Crippen molar-refractivity contribution in [3.8, 4) is 5.75 Å². The largest absolute Gasteiger partial charge is 0.490 e. The average Bonchev–Trinajstić information content (AvgIpc) is 2.91. The van der Waals surface area contributed by atoms with Crippen molar-refractivity contribution in [3.05, 3.63) is 75.5 Å². The van der Waals surface area contributed by atoms with Crippen LogP contribution in [0.5, 0.6) is 5.75 Å². The van der Waals surface area contributed by atoms with Crippen LogP contribution in [0.15, 0.2) is 64.8 Å². The van der Waals surface area contributed by atoms with Crippen LogP contribution in [-0.2, 0) is 23.9 Å². The maximum atomic E-state index is 13.4. The molecule has 0 spiro atoms. The Morgan fingerprint density at radius 2 is 1.77 bits per heavy atom. The molecule has 212 valence electrons. The molecule has 2 atom stereocenters. The molecule has 0 aliphatic carbocycles. The molecule has 1 N–H and O–H groups in total. The Morgan fingerprint density at radius 1 is 1.05 bits per heavy atom. The topological polar surface area (TPSA) is 146 Å². The van der Waals surface area contributed by atoms with Gasteiger partial charge in [-0.1, -0.05) is 12.1 Å². The number of ether oxygens (including phenoxy) is 3. The predicted molar refractivity (Wildman–Crippen MR) is 152 cm³/mol. The van der Waals surface area contributed by atoms with Crippen molar-refractivity contribution in [1.82, 2.24) is 0 Å². The van der Waals surface area contributed by atoms with Crippen LogP contribution in [0.2, 0.25) is 0 Å². The van der Waals surface area contributed by atoms with Gasteiger partial charge in [-0.15, -0.1) is 0 Å². The number of non-ortho nitro benzene ring substituents is 1. The number of esters is 2. The Morgan fingerprint density at radius 3 is 2.42 bits per heavy atom. The Balaban J connectivity index is 1.80. The van der Waals surface area contributed by atoms with Gasteiger partial charge in [-0.2, -0.15) is 11.8 Å². The first kappa shape index (κ1) is 30.4. The third-order valence-electron chi connectivity index (χ3n) is 6.03. The molecule has 0 radical (unpaired) electrons. The fourth-order valence-corrected chi connectivity index (χ4v) is 4.57. The molecule has 2 aromatic carbocycles. The number of rotatable bonds is 12. The number of nitro benzene ring substituents is 1. The summed E-state index contributed by atoms with van der Waals surface area (Å²) in [6, 6.07) is 12.5. The lowest BCUT2D eigenvalue weighted by atomic mass is 9.75. The molecule has 1 amide bonds. The van der Waals surface area contributed by atoms with Gasteiger partial charge in [-0.3, -0.25) is 24.7 Å². The molecule has 2 unspecified atom stereocenters. The van der Waals surface area contributed by atoms with E-state index >= 15 is 0 Å². The predicted octanol–water partition coefficient (Wildman–Crippen LogP) is 4.53. The zero-order chi connectivity index (χ0) is 29.2. The molecule has 0 aromatic heterocycles. The number of thioether (sulfide) groups is 1. The van der Waals surface area contributed by atoms with Crippen molar-refractivity contribution in [2.75, 3.05) is 37.1 Å². The fourth-order valence-electron chi connectivity index (χ4n) is 4.32. The SMILES string of the molecule is CSCCOC(=O)C1C(C)=NC(C)=C(C(=O)OCCOc2ccc(NC(C)=O)cc2)C1c1cccc([N+](=O)[O-])c1. The molecular formula is C28H31N3O8S. The quantitative estimate of drug-likeness (QED) is 0.169. The van der Waals surface area contributed by atoms with Crippen LogP contribution in [0.4, 0.5) is 11.4 Å². The monoisotopic (exact) mass is 569 g/mol. The van der Waals surface area contributed by atoms with E-state index < -0.39 is 28.7 Å². The van der Waals surface area contributed by atoms with Crippen molar-refractivity contribution in [2.45, 2.75) is 26.7 Å². The smallest absolute Gasteiger partial charge is 0.336 e. The molecule has 2 aromatic rings. The summed E-state index contributed by atoms with van der Waals surface area (Å²) in [7, 11) is 0. The van der Waals surface area contributed by atoms with Gasteiger partial charge >= 0.3 is 11.9 Å². The van der Waals surface area contributed by atoms with Crippen molar-refractivity contribution in [2.24, 2.45) is 10.9 Å². The minimum atomic E-state index is -0.964. The highest BCUT2D eigenvalue weighted by Crippen LogP contribution is 2.41. The van der Waals surface area contributed by atoms with Gasteiger partial charge in [-0.25, -0.2) is 4.79 Å². The Labute approximate surface area is 236 Å². The number of nitrogens with zero attached hydrogens (tertiary/aromatic N) is 2. The highest BCUT2D eigenvalue weighted by atomic mass is 32.2. The van der Waals surface area contributed by atoms with E-state index in [9.17, 15) is 24.5 Å². The number of anilines is 1. The molecule has 1 heterocycles. The lowest BCUT2D eigenvalue weighted by Gasteiger charge is -2.31. The van der Waals surface area contributed by atoms with Gasteiger partial charge in [0.15, 0.2) is 0 Å². The van der Waals surface area contributed by atoms with Gasteiger partial charge in [0.1, 0.15) is 31.5 Å². The summed E-state index contributed by atoms with van der Waals surface area (Å²) in [5, 5.41) is 14.1. The van der Waals surface area contributed by atoms with E-state index in [4.69, 9.17) is 14.2 Å². The molecular weight excluding hydrogens is 538 g/mol. The van der Waals surface area contributed by atoms with Crippen molar-refractivity contribution in [3.63, 3.8) is 0 Å². The maximum absolute atomic E-state index is 13.4. The first-order valence-corrected chi connectivity index (χ1v) is 13.8. The summed E-state index contributed by atoms with van der Waals surface area (Å²) in [6.45, 7) is 4.83. The van der Waals surface area contributed by atoms with Crippen LogP contribution in [0.25, 0.3) is 0 Å². The van der Waals surface area contributed by atoms with E-state index in [0.29, 0.717) is 34.2 Å². The van der Waals surface area contributed by atoms with Crippen LogP contribution < -0.4 is 10.1 Å². The van der Waals surface area contributed by atoms with Gasteiger partial charge < -0.3 is 19.5 Å². The average molecular weight is 570 g/mol. The second kappa shape index (κ2) is 14.3. The van der Waals surface area contributed by atoms with Crippen LogP contribution >= 0.6 is 11.8 Å². The number of hydrogen-bond donors (Lipinski definition) is 1. The van der Waals surface area contributed by atoms with E-state index in [1.165, 1.54) is 36.9 Å². The van der Waals surface area contributed by atoms with E-state index in [-0.39, 0.29) is 37.0 Å². The van der Waals surface area contributed by atoms with E-state index in [2.05, 4.69) is 10.3 Å². The molecule has 12 heteroatoms. The van der Waals surface area contributed by atoms with Crippen LogP contribution in [0.1, 0.15) is 32.3 Å². The molecule has 1 aliphatic rings. The van der Waals surface area contributed by atoms with E-state index in [1.807, 2.05) is 6.26 Å². The highest BCUT2D eigenvalue weighted by molar-refractivity contribution is 7.98. The van der Waals surface area contributed by atoms with Crippen LogP contribution in [0, 0.1) is 16.0 Å². The summed E-state index contributed by atoms with van der Waals surface area (Å²) in [5.41, 5.74) is 1.76. The maximum Gasteiger partial charge on any atom is 0.336 e. The molecule has 1 aliphatic heterocycles. The second-order valence-corrected chi connectivity index (χ2v) is 9.90. The van der Waals surface area contributed by atoms with Crippen LogP contribution in [-0.4, -0.2) is 60.3 Å². The van der Waals surface area contributed by atoms with Gasteiger partial charge in [0.2, 0.25) is 5.91 Å². The molecule has 3 rings (SSSR count). The van der Waals surface area contributed by atoms with Gasteiger partial charge in [0.05, 0.1) is 10.5 Å². The second-order valence-electron chi connectivity index (χ2n) is 8.91. The third kappa shape index (κ3) is 7.92. The molecule has 0 saturated heterocycles. The Bertz CT molecular complexity index is 1320. The number of carbonyl (C=O) groups is 3. The number of hydrogen-bond acceptors (Lipinski definition) is 10. The standard InChI is InChI=1S/C28H31N3O8S/c1-17-24(27(33)38-13-12-37-23-10-8-21(9-11-23)30-19(3)32)26(20-6-5-7-22(16-20)31(35)36)25(18(2)29-17)28(34)39-14-15-40-4/h5-11,16,25-26H,12-15H2,1-4H3,(H,30,32). The molecule has 0 saturated carbocycles. The molecule has 11 nitrogen and oxygen atoms in total. The summed E-state index contributed by atoms with van der Waals surface area (Å²) in [6.07, 6.45) is 1.89. The number of nitro groups is 1. The number of carbonyl (C=O) groups excluding carboxylic acids is 3. The summed E-state index contributed by atoms with van der Waals surface area (Å²) >= 11 is 1.52. The van der Waals surface area contributed by atoms with Crippen molar-refractivity contribution < 1.29 is 33.5 Å². The van der Waals surface area contributed by atoms with Gasteiger partial charge in [0.25, 0.3) is 5.69 Å². The van der Waals surface area contributed by atoms with Gasteiger partial charge in [0, 0.05) is 47.8 Å². The third-order valence-corrected chi connectivity index (χ3v) is 6.61. The van der Waals surface area contributed by atoms with Crippen molar-refractivity contribution in [1.29, 1.82) is 0 Å². The minimum Gasteiger partial charge on any atom is -0.490 e. The number of allylic oxidation sites excluding steroid dienone is 1. The fraction of sp³-hybridized carbons (Fsp3) is 0.357. The van der Waals surface area contributed by atoms with E-state index in [0.717, 1.165) is 0 Å². The Kier molecular flexibility index (Phi) is 10.8. The first-order chi connectivity index (χ1) is 19.1. The number of amides is 1. The van der Waals surface area contributed by atoms with Crippen molar-refractivity contribution >= 4 is 46.7 Å². The lowest BCUT2D eigenvalue weighted by Crippen LogP contribution is -2.37. The minimum absolute atomic E-state index is 0.0431. The Hall–Kier alpha value is -4.19. The molecule has 40 heavy (non-hydrogen) atoms.